The maximum absolute atomic E-state index is 12.4. The van der Waals surface area contributed by atoms with Crippen LogP contribution in [0, 0.1) is 5.92 Å². The summed E-state index contributed by atoms with van der Waals surface area (Å²) in [4.78, 5) is 19.3. The minimum absolute atomic E-state index is 0.363. The van der Waals surface area contributed by atoms with Crippen molar-refractivity contribution in [2.24, 2.45) is 5.92 Å². The number of amides is 1. The Balaban J connectivity index is 1.57. The fourth-order valence-corrected chi connectivity index (χ4v) is 4.40. The maximum atomic E-state index is 12.4. The molecule has 2 fully saturated rings. The molecule has 3 rings (SSSR count). The standard InChI is InChI=1S/C22H33N3O/c1-18(15-19-7-5-4-6-8-19)16-24-12-11-21-20(17-24)9-10-22(26)25(21)14-13-23(2)3/h4-8,15,20-21H,9-14,16-17H2,1-3H3/b18-15+/t20-,21+/m0/s1. The Morgan fingerprint density at radius 2 is 2.00 bits per heavy atom. The third-order valence-corrected chi connectivity index (χ3v) is 5.70. The van der Waals surface area contributed by atoms with Gasteiger partial charge in [-0.2, -0.15) is 0 Å². The average molecular weight is 356 g/mol. The minimum atomic E-state index is 0.363. The lowest BCUT2D eigenvalue weighted by molar-refractivity contribution is -0.141. The predicted octanol–water partition coefficient (Wildman–Crippen LogP) is 2.96. The fourth-order valence-electron chi connectivity index (χ4n) is 4.40. The zero-order valence-electron chi connectivity index (χ0n) is 16.5. The lowest BCUT2D eigenvalue weighted by Crippen LogP contribution is -2.57. The highest BCUT2D eigenvalue weighted by Crippen LogP contribution is 2.31. The number of carbonyl (C=O) groups is 1. The van der Waals surface area contributed by atoms with Gasteiger partial charge in [0.25, 0.3) is 0 Å². The van der Waals surface area contributed by atoms with Gasteiger partial charge in [-0.15, -0.1) is 0 Å². The van der Waals surface area contributed by atoms with Crippen molar-refractivity contribution in [2.45, 2.75) is 32.2 Å². The van der Waals surface area contributed by atoms with Crippen molar-refractivity contribution in [2.75, 3.05) is 46.8 Å². The van der Waals surface area contributed by atoms with E-state index in [-0.39, 0.29) is 0 Å². The number of rotatable bonds is 6. The van der Waals surface area contributed by atoms with Crippen LogP contribution in [0.3, 0.4) is 0 Å². The van der Waals surface area contributed by atoms with Gasteiger partial charge in [0.2, 0.25) is 5.91 Å². The number of likely N-dealkylation sites (N-methyl/N-ethyl adjacent to an activating group) is 1. The van der Waals surface area contributed by atoms with Gasteiger partial charge in [0.15, 0.2) is 0 Å². The van der Waals surface area contributed by atoms with Gasteiger partial charge >= 0.3 is 0 Å². The lowest BCUT2D eigenvalue weighted by atomic mass is 9.83. The van der Waals surface area contributed by atoms with Crippen molar-refractivity contribution >= 4 is 12.0 Å². The number of fused-ring (bicyclic) bond motifs is 1. The van der Waals surface area contributed by atoms with Gasteiger partial charge in [-0.3, -0.25) is 9.69 Å². The smallest absolute Gasteiger partial charge is 0.222 e. The third-order valence-electron chi connectivity index (χ3n) is 5.70. The van der Waals surface area contributed by atoms with E-state index in [4.69, 9.17) is 0 Å². The normalized spacial score (nSPS) is 24.8. The molecule has 0 bridgehead atoms. The summed E-state index contributed by atoms with van der Waals surface area (Å²) >= 11 is 0. The van der Waals surface area contributed by atoms with E-state index in [0.717, 1.165) is 52.0 Å². The van der Waals surface area contributed by atoms with E-state index >= 15 is 0 Å². The molecule has 0 spiro atoms. The van der Waals surface area contributed by atoms with E-state index < -0.39 is 0 Å². The second-order valence-electron chi connectivity index (χ2n) is 8.18. The monoisotopic (exact) mass is 355 g/mol. The first-order valence-electron chi connectivity index (χ1n) is 9.91. The molecule has 2 atom stereocenters. The minimum Gasteiger partial charge on any atom is -0.338 e. The highest BCUT2D eigenvalue weighted by atomic mass is 16.2. The van der Waals surface area contributed by atoms with Crippen molar-refractivity contribution in [1.82, 2.24) is 14.7 Å². The molecule has 142 valence electrons. The Morgan fingerprint density at radius 1 is 1.23 bits per heavy atom. The van der Waals surface area contributed by atoms with Crippen LogP contribution in [0.15, 0.2) is 35.9 Å². The Kier molecular flexibility index (Phi) is 6.49. The second kappa shape index (κ2) is 8.83. The second-order valence-corrected chi connectivity index (χ2v) is 8.18. The molecule has 4 heteroatoms. The molecule has 0 N–H and O–H groups in total. The SMILES string of the molecule is C/C(=C\c1ccccc1)CN1CC[C@@H]2[C@@H](CCC(=O)N2CCN(C)C)C1. The first-order chi connectivity index (χ1) is 12.5. The largest absolute Gasteiger partial charge is 0.338 e. The van der Waals surface area contributed by atoms with E-state index in [1.54, 1.807) is 0 Å². The molecule has 2 heterocycles. The van der Waals surface area contributed by atoms with Crippen molar-refractivity contribution in [1.29, 1.82) is 0 Å². The quantitative estimate of drug-likeness (QED) is 0.785. The van der Waals surface area contributed by atoms with E-state index in [9.17, 15) is 4.79 Å². The summed E-state index contributed by atoms with van der Waals surface area (Å²) in [6, 6.07) is 11.0. The topological polar surface area (TPSA) is 26.8 Å². The van der Waals surface area contributed by atoms with Gasteiger partial charge in [-0.1, -0.05) is 42.0 Å². The Hall–Kier alpha value is -1.65. The Bertz CT molecular complexity index is 626. The van der Waals surface area contributed by atoms with Crippen molar-refractivity contribution in [3.63, 3.8) is 0 Å². The molecular formula is C22H33N3O. The molecular weight excluding hydrogens is 322 g/mol. The third kappa shape index (κ3) is 4.95. The molecule has 0 unspecified atom stereocenters. The molecule has 2 aliphatic heterocycles. The highest BCUT2D eigenvalue weighted by molar-refractivity contribution is 5.77. The molecule has 1 aromatic rings. The molecule has 0 aliphatic carbocycles. The number of likely N-dealkylation sites (tertiary alicyclic amines) is 2. The van der Waals surface area contributed by atoms with Crippen molar-refractivity contribution < 1.29 is 4.79 Å². The number of nitrogens with zero attached hydrogens (tertiary/aromatic N) is 3. The number of hydrogen-bond acceptors (Lipinski definition) is 3. The maximum Gasteiger partial charge on any atom is 0.222 e. The summed E-state index contributed by atoms with van der Waals surface area (Å²) in [5, 5.41) is 0. The molecule has 2 aliphatic rings. The van der Waals surface area contributed by atoms with Crippen LogP contribution in [0.1, 0.15) is 31.7 Å². The molecule has 0 radical (unpaired) electrons. The summed E-state index contributed by atoms with van der Waals surface area (Å²) in [6.45, 7) is 7.30. The molecule has 0 saturated carbocycles. The summed E-state index contributed by atoms with van der Waals surface area (Å²) in [5.41, 5.74) is 2.68. The van der Waals surface area contributed by atoms with Gasteiger partial charge in [0.05, 0.1) is 0 Å². The molecule has 1 aromatic carbocycles. The molecule has 4 nitrogen and oxygen atoms in total. The highest BCUT2D eigenvalue weighted by Gasteiger charge is 2.38. The average Bonchev–Trinajstić information content (AvgIpc) is 2.61. The number of carbonyl (C=O) groups excluding carboxylic acids is 1. The molecule has 0 aromatic heterocycles. The van der Waals surface area contributed by atoms with Crippen LogP contribution in [0.25, 0.3) is 6.08 Å². The van der Waals surface area contributed by atoms with E-state index in [2.05, 4.69) is 72.1 Å². The number of piperidine rings is 2. The summed E-state index contributed by atoms with van der Waals surface area (Å²) in [6.07, 6.45) is 5.18. The van der Waals surface area contributed by atoms with Gasteiger partial charge in [-0.05, 0) is 45.3 Å². The van der Waals surface area contributed by atoms with Crippen LogP contribution in [0.2, 0.25) is 0 Å². The summed E-state index contributed by atoms with van der Waals surface area (Å²) < 4.78 is 0. The van der Waals surface area contributed by atoms with Gasteiger partial charge in [-0.25, -0.2) is 0 Å². The van der Waals surface area contributed by atoms with Gasteiger partial charge in [0.1, 0.15) is 0 Å². The van der Waals surface area contributed by atoms with E-state index in [1.165, 1.54) is 11.1 Å². The van der Waals surface area contributed by atoms with Crippen LogP contribution in [0.4, 0.5) is 0 Å². The Morgan fingerprint density at radius 3 is 2.73 bits per heavy atom. The zero-order chi connectivity index (χ0) is 18.5. The lowest BCUT2D eigenvalue weighted by Gasteiger charge is -2.47. The first-order valence-corrected chi connectivity index (χ1v) is 9.91. The predicted molar refractivity (Wildman–Crippen MR) is 108 cm³/mol. The number of benzene rings is 1. The summed E-state index contributed by atoms with van der Waals surface area (Å²) in [7, 11) is 4.16. The molecule has 1 amide bonds. The summed E-state index contributed by atoms with van der Waals surface area (Å²) in [5.74, 6) is 0.995. The van der Waals surface area contributed by atoms with Crippen LogP contribution < -0.4 is 0 Å². The van der Waals surface area contributed by atoms with Gasteiger partial charge in [0, 0.05) is 45.2 Å². The first kappa shape index (κ1) is 19.1. The van der Waals surface area contributed by atoms with Crippen molar-refractivity contribution in [3.8, 4) is 0 Å². The van der Waals surface area contributed by atoms with Gasteiger partial charge < -0.3 is 9.80 Å². The van der Waals surface area contributed by atoms with E-state index in [1.807, 2.05) is 0 Å². The zero-order valence-corrected chi connectivity index (χ0v) is 16.5. The van der Waals surface area contributed by atoms with Crippen LogP contribution in [-0.2, 0) is 4.79 Å². The van der Waals surface area contributed by atoms with Crippen LogP contribution in [0.5, 0.6) is 0 Å². The van der Waals surface area contributed by atoms with E-state index in [0.29, 0.717) is 17.9 Å². The van der Waals surface area contributed by atoms with Crippen molar-refractivity contribution in [3.05, 3.63) is 41.5 Å². The fraction of sp³-hybridized carbons (Fsp3) is 0.591. The molecule has 2 saturated heterocycles. The number of hydrogen-bond donors (Lipinski definition) is 0. The van der Waals surface area contributed by atoms with Crippen LogP contribution in [-0.4, -0.2) is 73.5 Å². The van der Waals surface area contributed by atoms with Crippen LogP contribution >= 0.6 is 0 Å². The molecule has 26 heavy (non-hydrogen) atoms. The Labute approximate surface area is 158 Å².